The van der Waals surface area contributed by atoms with Crippen molar-refractivity contribution >= 4 is 28.1 Å². The number of aromatic nitrogens is 1. The summed E-state index contributed by atoms with van der Waals surface area (Å²) in [5.41, 5.74) is 0.650. The number of hydrogen-bond acceptors (Lipinski definition) is 7. The van der Waals surface area contributed by atoms with Crippen molar-refractivity contribution in [1.29, 1.82) is 0 Å². The second kappa shape index (κ2) is 7.90. The molecule has 0 aliphatic carbocycles. The van der Waals surface area contributed by atoms with E-state index in [4.69, 9.17) is 4.74 Å². The van der Waals surface area contributed by atoms with Crippen molar-refractivity contribution < 1.29 is 14.5 Å². The highest BCUT2D eigenvalue weighted by atomic mass is 32.1. The molecule has 1 saturated heterocycles. The molecule has 9 heteroatoms. The molecule has 8 nitrogen and oxygen atoms in total. The zero-order valence-electron chi connectivity index (χ0n) is 14.5. The molecular weight excluding hydrogens is 356 g/mol. The average Bonchev–Trinajstić information content (AvgIpc) is 3.00. The van der Waals surface area contributed by atoms with Crippen LogP contribution in [0, 0.1) is 10.1 Å². The molecule has 138 valence electrons. The Morgan fingerprint density at radius 3 is 2.77 bits per heavy atom. The number of carbonyl (C=O) groups is 1. The molecule has 0 spiro atoms. The van der Waals surface area contributed by atoms with Gasteiger partial charge in [-0.2, -0.15) is 0 Å². The van der Waals surface area contributed by atoms with E-state index in [-0.39, 0.29) is 23.5 Å². The van der Waals surface area contributed by atoms with E-state index in [1.807, 2.05) is 19.2 Å². The minimum Gasteiger partial charge on any atom is -0.373 e. The van der Waals surface area contributed by atoms with Crippen LogP contribution in [0.2, 0.25) is 0 Å². The number of nitro benzene ring substituents is 1. The Balaban J connectivity index is 1.65. The monoisotopic (exact) mass is 376 g/mol. The highest BCUT2D eigenvalue weighted by Crippen LogP contribution is 2.22. The number of benzene rings is 1. The number of amides is 1. The van der Waals surface area contributed by atoms with Crippen LogP contribution in [-0.2, 0) is 11.3 Å². The lowest BCUT2D eigenvalue weighted by Gasteiger charge is -2.34. The van der Waals surface area contributed by atoms with Gasteiger partial charge in [0.2, 0.25) is 0 Å². The van der Waals surface area contributed by atoms with Crippen molar-refractivity contribution in [2.24, 2.45) is 0 Å². The molecule has 2 heterocycles. The van der Waals surface area contributed by atoms with Crippen molar-refractivity contribution in [3.05, 3.63) is 51.0 Å². The Labute approximate surface area is 154 Å². The Kier molecular flexibility index (Phi) is 5.60. The van der Waals surface area contributed by atoms with Crippen LogP contribution in [0.3, 0.4) is 0 Å². The summed E-state index contributed by atoms with van der Waals surface area (Å²) < 4.78 is 5.72. The highest BCUT2D eigenvalue weighted by Gasteiger charge is 2.23. The van der Waals surface area contributed by atoms with Gasteiger partial charge in [0.05, 0.1) is 22.8 Å². The van der Waals surface area contributed by atoms with Crippen LogP contribution in [0.5, 0.6) is 0 Å². The number of ether oxygens (including phenoxy) is 1. The summed E-state index contributed by atoms with van der Waals surface area (Å²) in [4.78, 5) is 29.5. The normalized spacial score (nSPS) is 20.7. The first-order chi connectivity index (χ1) is 12.4. The fourth-order valence-corrected chi connectivity index (χ4v) is 3.77. The molecule has 0 saturated carbocycles. The predicted octanol–water partition coefficient (Wildman–Crippen LogP) is 2.91. The Bertz CT molecular complexity index is 800. The molecule has 1 N–H and O–H groups in total. The van der Waals surface area contributed by atoms with Gasteiger partial charge in [0.15, 0.2) is 5.13 Å². The van der Waals surface area contributed by atoms with Crippen molar-refractivity contribution in [3.8, 4) is 0 Å². The summed E-state index contributed by atoms with van der Waals surface area (Å²) in [6.45, 7) is 6.43. The third-order valence-electron chi connectivity index (χ3n) is 4.00. The lowest BCUT2D eigenvalue weighted by molar-refractivity contribution is -0.385. The minimum atomic E-state index is -0.567. The van der Waals surface area contributed by atoms with Gasteiger partial charge in [-0.1, -0.05) is 12.1 Å². The molecule has 0 radical (unpaired) electrons. The number of nitrogens with zero attached hydrogens (tertiary/aromatic N) is 3. The van der Waals surface area contributed by atoms with E-state index < -0.39 is 10.8 Å². The first-order valence-corrected chi connectivity index (χ1v) is 9.17. The fourth-order valence-electron chi connectivity index (χ4n) is 3.07. The lowest BCUT2D eigenvalue weighted by atomic mass is 10.1. The van der Waals surface area contributed by atoms with Gasteiger partial charge in [-0.3, -0.25) is 25.1 Å². The van der Waals surface area contributed by atoms with Gasteiger partial charge in [0.25, 0.3) is 11.6 Å². The number of thiazole rings is 1. The van der Waals surface area contributed by atoms with Crippen molar-refractivity contribution in [1.82, 2.24) is 9.88 Å². The molecule has 1 amide bonds. The van der Waals surface area contributed by atoms with Gasteiger partial charge in [-0.15, -0.1) is 11.3 Å². The summed E-state index contributed by atoms with van der Waals surface area (Å²) in [6, 6.07) is 5.86. The van der Waals surface area contributed by atoms with Crippen LogP contribution in [0.1, 0.15) is 29.9 Å². The SMILES string of the molecule is C[C@H]1CN(Cc2csc(NC(=O)c3ccccc3[N+](=O)[O-])n2)C[C@H](C)O1. The zero-order valence-corrected chi connectivity index (χ0v) is 15.4. The summed E-state index contributed by atoms with van der Waals surface area (Å²) in [7, 11) is 0. The molecule has 0 bridgehead atoms. The number of carbonyl (C=O) groups excluding carboxylic acids is 1. The topological polar surface area (TPSA) is 97.6 Å². The van der Waals surface area contributed by atoms with E-state index >= 15 is 0 Å². The fraction of sp³-hybridized carbons (Fsp3) is 0.412. The van der Waals surface area contributed by atoms with Crippen molar-refractivity contribution in [3.63, 3.8) is 0 Å². The number of morpholine rings is 1. The molecule has 2 atom stereocenters. The number of rotatable bonds is 5. The van der Waals surface area contributed by atoms with E-state index in [0.29, 0.717) is 11.7 Å². The number of anilines is 1. The second-order valence-corrected chi connectivity index (χ2v) is 7.18. The van der Waals surface area contributed by atoms with Gasteiger partial charge in [-0.25, -0.2) is 4.98 Å². The number of hydrogen-bond donors (Lipinski definition) is 1. The average molecular weight is 376 g/mol. The largest absolute Gasteiger partial charge is 0.373 e. The maximum Gasteiger partial charge on any atom is 0.282 e. The molecule has 26 heavy (non-hydrogen) atoms. The van der Waals surface area contributed by atoms with Gasteiger partial charge >= 0.3 is 0 Å². The molecule has 1 aromatic heterocycles. The van der Waals surface area contributed by atoms with Gasteiger partial charge in [0.1, 0.15) is 5.56 Å². The van der Waals surface area contributed by atoms with E-state index in [1.54, 1.807) is 6.07 Å². The van der Waals surface area contributed by atoms with E-state index in [0.717, 1.165) is 18.8 Å². The number of nitro groups is 1. The molecule has 2 aromatic rings. The molecular formula is C17H20N4O4S. The number of para-hydroxylation sites is 1. The van der Waals surface area contributed by atoms with E-state index in [2.05, 4.69) is 15.2 Å². The van der Waals surface area contributed by atoms with E-state index in [1.165, 1.54) is 29.5 Å². The zero-order chi connectivity index (χ0) is 18.7. The van der Waals surface area contributed by atoms with Crippen molar-refractivity contribution in [2.75, 3.05) is 18.4 Å². The standard InChI is InChI=1S/C17H20N4O4S/c1-11-7-20(8-12(2)25-11)9-13-10-26-17(18-13)19-16(22)14-5-3-4-6-15(14)21(23)24/h3-6,10-12H,7-9H2,1-2H3,(H,18,19,22)/t11-,12-/m0/s1. The maximum atomic E-state index is 12.3. The van der Waals surface area contributed by atoms with Gasteiger partial charge < -0.3 is 4.74 Å². The van der Waals surface area contributed by atoms with E-state index in [9.17, 15) is 14.9 Å². The molecule has 1 fully saturated rings. The number of nitrogens with one attached hydrogen (secondary N) is 1. The Morgan fingerprint density at radius 1 is 1.38 bits per heavy atom. The maximum absolute atomic E-state index is 12.3. The summed E-state index contributed by atoms with van der Waals surface area (Å²) >= 11 is 1.31. The molecule has 1 aliphatic heterocycles. The molecule has 0 unspecified atom stereocenters. The lowest BCUT2D eigenvalue weighted by Crippen LogP contribution is -2.44. The summed E-state index contributed by atoms with van der Waals surface area (Å²) in [5.74, 6) is -0.535. The minimum absolute atomic E-state index is 0.0186. The van der Waals surface area contributed by atoms with Crippen LogP contribution in [0.25, 0.3) is 0 Å². The highest BCUT2D eigenvalue weighted by molar-refractivity contribution is 7.14. The molecule has 1 aromatic carbocycles. The van der Waals surface area contributed by atoms with Gasteiger partial charge in [-0.05, 0) is 19.9 Å². The van der Waals surface area contributed by atoms with Crippen LogP contribution >= 0.6 is 11.3 Å². The molecule has 1 aliphatic rings. The third-order valence-corrected chi connectivity index (χ3v) is 4.80. The smallest absolute Gasteiger partial charge is 0.282 e. The van der Waals surface area contributed by atoms with Crippen LogP contribution in [0.4, 0.5) is 10.8 Å². The molecule has 3 rings (SSSR count). The summed E-state index contributed by atoms with van der Waals surface area (Å²) in [5, 5.41) is 16.0. The van der Waals surface area contributed by atoms with Crippen LogP contribution in [-0.4, -0.2) is 46.0 Å². The first-order valence-electron chi connectivity index (χ1n) is 8.29. The van der Waals surface area contributed by atoms with Gasteiger partial charge in [0, 0.05) is 31.1 Å². The Hall–Kier alpha value is -2.36. The predicted molar refractivity (Wildman–Crippen MR) is 98.4 cm³/mol. The Morgan fingerprint density at radius 2 is 2.08 bits per heavy atom. The van der Waals surface area contributed by atoms with Crippen LogP contribution in [0.15, 0.2) is 29.6 Å². The van der Waals surface area contributed by atoms with Crippen molar-refractivity contribution in [2.45, 2.75) is 32.6 Å². The third kappa shape index (κ3) is 4.43. The first kappa shape index (κ1) is 18.4. The van der Waals surface area contributed by atoms with Crippen LogP contribution < -0.4 is 5.32 Å². The quantitative estimate of drug-likeness (QED) is 0.636. The summed E-state index contributed by atoms with van der Waals surface area (Å²) in [6.07, 6.45) is 0.352. The second-order valence-electron chi connectivity index (χ2n) is 6.32.